The molecule has 0 aliphatic carbocycles. The summed E-state index contributed by atoms with van der Waals surface area (Å²) in [6.45, 7) is 7.29. The van der Waals surface area contributed by atoms with Crippen LogP contribution in [0.15, 0.2) is 60.0 Å². The molecule has 0 N–H and O–H groups in total. The van der Waals surface area contributed by atoms with Crippen molar-refractivity contribution in [2.75, 3.05) is 13.7 Å². The third kappa shape index (κ3) is 3.82. The largest absolute Gasteiger partial charge is 0.497 e. The monoisotopic (exact) mass is 405 g/mol. The fourth-order valence-corrected chi connectivity index (χ4v) is 4.86. The SMILES string of the molecule is COc1ccc(C2c3ccsc3CCN2C(=O)c2ccc(C(C)(C)C)cc2)cc1. The second-order valence-electron chi connectivity index (χ2n) is 8.55. The van der Waals surface area contributed by atoms with Crippen molar-refractivity contribution in [3.05, 3.63) is 87.1 Å². The molecule has 4 rings (SSSR count). The van der Waals surface area contributed by atoms with Crippen molar-refractivity contribution in [2.45, 2.75) is 38.6 Å². The van der Waals surface area contributed by atoms with E-state index in [9.17, 15) is 4.79 Å². The van der Waals surface area contributed by atoms with E-state index >= 15 is 0 Å². The van der Waals surface area contributed by atoms with Gasteiger partial charge in [-0.05, 0) is 64.2 Å². The number of carbonyl (C=O) groups excluding carboxylic acids is 1. The van der Waals surface area contributed by atoms with Gasteiger partial charge in [-0.2, -0.15) is 0 Å². The highest BCUT2D eigenvalue weighted by Gasteiger charge is 2.33. The maximum Gasteiger partial charge on any atom is 0.254 e. The van der Waals surface area contributed by atoms with E-state index < -0.39 is 0 Å². The molecule has 1 aliphatic rings. The Morgan fingerprint density at radius 3 is 2.34 bits per heavy atom. The molecular weight excluding hydrogens is 378 g/mol. The molecule has 0 fully saturated rings. The maximum absolute atomic E-state index is 13.5. The summed E-state index contributed by atoms with van der Waals surface area (Å²) in [6.07, 6.45) is 0.908. The molecule has 0 bridgehead atoms. The van der Waals surface area contributed by atoms with Crippen LogP contribution in [0.3, 0.4) is 0 Å². The number of hydrogen-bond donors (Lipinski definition) is 0. The minimum absolute atomic E-state index is 0.0642. The minimum Gasteiger partial charge on any atom is -0.497 e. The van der Waals surface area contributed by atoms with Crippen molar-refractivity contribution in [2.24, 2.45) is 0 Å². The van der Waals surface area contributed by atoms with E-state index in [2.05, 4.69) is 56.5 Å². The Balaban J connectivity index is 1.70. The van der Waals surface area contributed by atoms with Crippen molar-refractivity contribution in [1.29, 1.82) is 0 Å². The summed E-state index contributed by atoms with van der Waals surface area (Å²) < 4.78 is 5.31. The number of methoxy groups -OCH3 is 1. The molecule has 0 saturated carbocycles. The summed E-state index contributed by atoms with van der Waals surface area (Å²) in [5, 5.41) is 2.13. The molecule has 1 amide bonds. The van der Waals surface area contributed by atoms with Crippen LogP contribution in [0.25, 0.3) is 0 Å². The van der Waals surface area contributed by atoms with Gasteiger partial charge in [-0.1, -0.05) is 45.0 Å². The van der Waals surface area contributed by atoms with Crippen LogP contribution in [0.1, 0.15) is 58.7 Å². The zero-order chi connectivity index (χ0) is 20.6. The number of nitrogens with zero attached hydrogens (tertiary/aromatic N) is 1. The number of thiophene rings is 1. The van der Waals surface area contributed by atoms with Crippen molar-refractivity contribution in [1.82, 2.24) is 4.90 Å². The van der Waals surface area contributed by atoms with E-state index in [1.54, 1.807) is 18.4 Å². The summed E-state index contributed by atoms with van der Waals surface area (Å²) in [5.74, 6) is 0.911. The van der Waals surface area contributed by atoms with Gasteiger partial charge >= 0.3 is 0 Å². The Kier molecular flexibility index (Phi) is 5.22. The highest BCUT2D eigenvalue weighted by Crippen LogP contribution is 2.39. The van der Waals surface area contributed by atoms with Crippen LogP contribution in [0.5, 0.6) is 5.75 Å². The number of amides is 1. The van der Waals surface area contributed by atoms with Gasteiger partial charge in [0.1, 0.15) is 5.75 Å². The Labute approximate surface area is 176 Å². The Morgan fingerprint density at radius 2 is 1.72 bits per heavy atom. The van der Waals surface area contributed by atoms with E-state index in [4.69, 9.17) is 4.74 Å². The number of rotatable bonds is 3. The number of ether oxygens (including phenoxy) is 1. The van der Waals surface area contributed by atoms with Crippen LogP contribution in [-0.2, 0) is 11.8 Å². The third-order valence-electron chi connectivity index (χ3n) is 5.66. The normalized spacial score (nSPS) is 16.4. The van der Waals surface area contributed by atoms with Crippen LogP contribution in [0, 0.1) is 0 Å². The van der Waals surface area contributed by atoms with Gasteiger partial charge in [-0.25, -0.2) is 0 Å². The number of hydrogen-bond acceptors (Lipinski definition) is 3. The first-order valence-electron chi connectivity index (χ1n) is 10.0. The first-order valence-corrected chi connectivity index (χ1v) is 10.9. The van der Waals surface area contributed by atoms with Crippen LogP contribution >= 0.6 is 11.3 Å². The average Bonchev–Trinajstić information content (AvgIpc) is 3.21. The van der Waals surface area contributed by atoms with Crippen molar-refractivity contribution < 1.29 is 9.53 Å². The summed E-state index contributed by atoms with van der Waals surface area (Å²) in [5.41, 5.74) is 4.41. The van der Waals surface area contributed by atoms with Crippen molar-refractivity contribution in [3.8, 4) is 5.75 Å². The first-order chi connectivity index (χ1) is 13.9. The van der Waals surface area contributed by atoms with Crippen molar-refractivity contribution >= 4 is 17.2 Å². The number of fused-ring (bicyclic) bond motifs is 1. The summed E-state index contributed by atoms with van der Waals surface area (Å²) >= 11 is 1.78. The van der Waals surface area contributed by atoms with E-state index in [0.29, 0.717) is 0 Å². The molecule has 1 unspecified atom stereocenters. The molecule has 0 radical (unpaired) electrons. The van der Waals surface area contributed by atoms with Gasteiger partial charge in [0.2, 0.25) is 0 Å². The zero-order valence-electron chi connectivity index (χ0n) is 17.4. The smallest absolute Gasteiger partial charge is 0.254 e. The van der Waals surface area contributed by atoms with Gasteiger partial charge < -0.3 is 9.64 Å². The molecule has 3 aromatic rings. The number of benzene rings is 2. The lowest BCUT2D eigenvalue weighted by atomic mass is 9.86. The predicted molar refractivity (Wildman–Crippen MR) is 119 cm³/mol. The summed E-state index contributed by atoms with van der Waals surface area (Å²) in [6, 6.07) is 18.3. The van der Waals surface area contributed by atoms with Gasteiger partial charge in [0, 0.05) is 17.0 Å². The van der Waals surface area contributed by atoms with Gasteiger partial charge in [0.25, 0.3) is 5.91 Å². The molecule has 29 heavy (non-hydrogen) atoms. The summed E-state index contributed by atoms with van der Waals surface area (Å²) in [7, 11) is 1.67. The fourth-order valence-electron chi connectivity index (χ4n) is 3.96. The van der Waals surface area contributed by atoms with E-state index in [1.807, 2.05) is 29.2 Å². The Hall–Kier alpha value is -2.59. The molecular formula is C25H27NO2S. The standard InChI is InChI=1S/C25H27NO2S/c1-25(2,3)19-9-5-18(6-10-19)24(27)26-15-13-22-21(14-16-29-22)23(26)17-7-11-20(28-4)12-8-17/h5-12,14,16,23H,13,15H2,1-4H3. The van der Waals surface area contributed by atoms with Gasteiger partial charge in [0.05, 0.1) is 13.2 Å². The van der Waals surface area contributed by atoms with E-state index in [-0.39, 0.29) is 17.4 Å². The van der Waals surface area contributed by atoms with Crippen LogP contribution in [0.4, 0.5) is 0 Å². The lowest BCUT2D eigenvalue weighted by Gasteiger charge is -2.36. The van der Waals surface area contributed by atoms with Gasteiger partial charge in [-0.3, -0.25) is 4.79 Å². The van der Waals surface area contributed by atoms with Gasteiger partial charge in [-0.15, -0.1) is 11.3 Å². The fraction of sp³-hybridized carbons (Fsp3) is 0.320. The van der Waals surface area contributed by atoms with E-state index in [1.165, 1.54) is 16.0 Å². The summed E-state index contributed by atoms with van der Waals surface area (Å²) in [4.78, 5) is 16.9. The van der Waals surface area contributed by atoms with Crippen molar-refractivity contribution in [3.63, 3.8) is 0 Å². The molecule has 1 atom stereocenters. The molecule has 150 valence electrons. The molecule has 0 spiro atoms. The zero-order valence-corrected chi connectivity index (χ0v) is 18.3. The molecule has 1 aliphatic heterocycles. The second kappa shape index (κ2) is 7.68. The lowest BCUT2D eigenvalue weighted by Crippen LogP contribution is -2.40. The van der Waals surface area contributed by atoms with Crippen LogP contribution in [-0.4, -0.2) is 24.5 Å². The Morgan fingerprint density at radius 1 is 1.03 bits per heavy atom. The third-order valence-corrected chi connectivity index (χ3v) is 6.65. The Bertz CT molecular complexity index is 997. The molecule has 3 nitrogen and oxygen atoms in total. The lowest BCUT2D eigenvalue weighted by molar-refractivity contribution is 0.0696. The number of carbonyl (C=O) groups is 1. The molecule has 1 aromatic heterocycles. The topological polar surface area (TPSA) is 29.5 Å². The van der Waals surface area contributed by atoms with Crippen LogP contribution < -0.4 is 4.74 Å². The molecule has 2 heterocycles. The van der Waals surface area contributed by atoms with Crippen LogP contribution in [0.2, 0.25) is 0 Å². The quantitative estimate of drug-likeness (QED) is 0.548. The average molecular weight is 406 g/mol. The highest BCUT2D eigenvalue weighted by atomic mass is 32.1. The second-order valence-corrected chi connectivity index (χ2v) is 9.55. The molecule has 4 heteroatoms. The van der Waals surface area contributed by atoms with Gasteiger partial charge in [0.15, 0.2) is 0 Å². The maximum atomic E-state index is 13.5. The molecule has 2 aromatic carbocycles. The predicted octanol–water partition coefficient (Wildman–Crippen LogP) is 5.84. The van der Waals surface area contributed by atoms with E-state index in [0.717, 1.165) is 29.8 Å². The highest BCUT2D eigenvalue weighted by molar-refractivity contribution is 7.10. The first kappa shape index (κ1) is 19.7. The minimum atomic E-state index is -0.0642. The molecule has 0 saturated heterocycles.